The molecule has 0 heterocycles. The summed E-state index contributed by atoms with van der Waals surface area (Å²) in [5, 5.41) is 8.75. The second-order valence-corrected chi connectivity index (χ2v) is 4.87. The number of nitrogens with zero attached hydrogens (tertiary/aromatic N) is 1. The van der Waals surface area contributed by atoms with Gasteiger partial charge < -0.3 is 10.0 Å². The van der Waals surface area contributed by atoms with Gasteiger partial charge in [-0.05, 0) is 38.5 Å². The summed E-state index contributed by atoms with van der Waals surface area (Å²) in [6, 6.07) is 0. The first-order valence-corrected chi connectivity index (χ1v) is 6.59. The number of amides is 1. The molecule has 1 amide bonds. The highest BCUT2D eigenvalue weighted by Crippen LogP contribution is 2.31. The first-order chi connectivity index (χ1) is 8.08. The Bertz CT molecular complexity index is 270. The van der Waals surface area contributed by atoms with Crippen LogP contribution in [0.3, 0.4) is 0 Å². The van der Waals surface area contributed by atoms with Crippen LogP contribution in [-0.4, -0.2) is 35.0 Å². The minimum Gasteiger partial charge on any atom is -0.480 e. The fraction of sp³-hybridized carbons (Fsp3) is 0.846. The number of hydrogen-bond acceptors (Lipinski definition) is 2. The zero-order valence-electron chi connectivity index (χ0n) is 10.8. The molecule has 98 valence electrons. The molecule has 0 spiro atoms. The van der Waals surface area contributed by atoms with Gasteiger partial charge in [0.25, 0.3) is 0 Å². The third-order valence-electron chi connectivity index (χ3n) is 3.79. The van der Waals surface area contributed by atoms with Crippen molar-refractivity contribution in [3.05, 3.63) is 0 Å². The van der Waals surface area contributed by atoms with Crippen LogP contribution in [0.4, 0.5) is 0 Å². The molecule has 0 atom stereocenters. The van der Waals surface area contributed by atoms with Crippen LogP contribution in [0.15, 0.2) is 0 Å². The van der Waals surface area contributed by atoms with Gasteiger partial charge in [0.15, 0.2) is 0 Å². The Morgan fingerprint density at radius 3 is 2.18 bits per heavy atom. The van der Waals surface area contributed by atoms with Crippen LogP contribution >= 0.6 is 0 Å². The Morgan fingerprint density at radius 2 is 1.76 bits per heavy atom. The summed E-state index contributed by atoms with van der Waals surface area (Å²) < 4.78 is 0. The van der Waals surface area contributed by atoms with Gasteiger partial charge in [-0.25, -0.2) is 0 Å². The summed E-state index contributed by atoms with van der Waals surface area (Å²) in [5.74, 6) is -0.0856. The monoisotopic (exact) mass is 241 g/mol. The van der Waals surface area contributed by atoms with Gasteiger partial charge >= 0.3 is 5.97 Å². The number of hydrogen-bond donors (Lipinski definition) is 1. The van der Waals surface area contributed by atoms with Crippen molar-refractivity contribution in [1.29, 1.82) is 0 Å². The lowest BCUT2D eigenvalue weighted by Crippen LogP contribution is -2.40. The van der Waals surface area contributed by atoms with Crippen molar-refractivity contribution in [2.45, 2.75) is 46.0 Å². The Morgan fingerprint density at radius 1 is 1.18 bits per heavy atom. The van der Waals surface area contributed by atoms with E-state index in [1.165, 1.54) is 11.3 Å². The van der Waals surface area contributed by atoms with E-state index < -0.39 is 5.97 Å². The summed E-state index contributed by atoms with van der Waals surface area (Å²) >= 11 is 0. The van der Waals surface area contributed by atoms with E-state index in [-0.39, 0.29) is 18.4 Å². The summed E-state index contributed by atoms with van der Waals surface area (Å²) in [7, 11) is 0. The third-order valence-corrected chi connectivity index (χ3v) is 3.79. The SMILES string of the molecule is CCC1CCC(C(=O)N(CC)CC(=O)O)CC1. The topological polar surface area (TPSA) is 57.6 Å². The van der Waals surface area contributed by atoms with Crippen LogP contribution in [0, 0.1) is 11.8 Å². The molecule has 0 bridgehead atoms. The summed E-state index contributed by atoms with van der Waals surface area (Å²) in [6.45, 7) is 4.34. The third kappa shape index (κ3) is 4.02. The second kappa shape index (κ2) is 6.62. The average molecular weight is 241 g/mol. The van der Waals surface area contributed by atoms with Gasteiger partial charge in [0.2, 0.25) is 5.91 Å². The average Bonchev–Trinajstić information content (AvgIpc) is 2.35. The van der Waals surface area contributed by atoms with E-state index in [2.05, 4.69) is 6.92 Å². The van der Waals surface area contributed by atoms with E-state index in [1.54, 1.807) is 0 Å². The van der Waals surface area contributed by atoms with Gasteiger partial charge in [-0.15, -0.1) is 0 Å². The standard InChI is InChI=1S/C13H23NO3/c1-3-10-5-7-11(8-6-10)13(17)14(4-2)9-12(15)16/h10-11H,3-9H2,1-2H3,(H,15,16). The van der Waals surface area contributed by atoms with Crippen molar-refractivity contribution in [3.8, 4) is 0 Å². The summed E-state index contributed by atoms with van der Waals surface area (Å²) in [6.07, 6.45) is 5.25. The molecule has 0 aromatic carbocycles. The molecule has 1 aliphatic carbocycles. The molecule has 1 rings (SSSR count). The number of carboxylic acid groups (broad SMARTS) is 1. The second-order valence-electron chi connectivity index (χ2n) is 4.87. The maximum absolute atomic E-state index is 12.1. The molecule has 1 fully saturated rings. The summed E-state index contributed by atoms with van der Waals surface area (Å²) in [5.41, 5.74) is 0. The normalized spacial score (nSPS) is 24.4. The molecule has 0 unspecified atom stereocenters. The lowest BCUT2D eigenvalue weighted by atomic mass is 9.80. The molecule has 1 aliphatic rings. The predicted octanol–water partition coefficient (Wildman–Crippen LogP) is 2.14. The van der Waals surface area contributed by atoms with Crippen LogP contribution in [0.25, 0.3) is 0 Å². The maximum Gasteiger partial charge on any atom is 0.323 e. The van der Waals surface area contributed by atoms with Crippen LogP contribution in [-0.2, 0) is 9.59 Å². The highest BCUT2D eigenvalue weighted by molar-refractivity contribution is 5.83. The van der Waals surface area contributed by atoms with Gasteiger partial charge in [0, 0.05) is 12.5 Å². The molecule has 0 aromatic rings. The van der Waals surface area contributed by atoms with E-state index in [4.69, 9.17) is 5.11 Å². The molecular formula is C13H23NO3. The highest BCUT2D eigenvalue weighted by Gasteiger charge is 2.28. The minimum atomic E-state index is -0.928. The number of carboxylic acids is 1. The van der Waals surface area contributed by atoms with Crippen molar-refractivity contribution < 1.29 is 14.7 Å². The molecule has 0 radical (unpaired) electrons. The van der Waals surface area contributed by atoms with E-state index in [1.807, 2.05) is 6.92 Å². The molecule has 17 heavy (non-hydrogen) atoms. The van der Waals surface area contributed by atoms with Gasteiger partial charge in [-0.2, -0.15) is 0 Å². The van der Waals surface area contributed by atoms with Crippen LogP contribution < -0.4 is 0 Å². The molecule has 0 saturated heterocycles. The van der Waals surface area contributed by atoms with Crippen LogP contribution in [0.5, 0.6) is 0 Å². The highest BCUT2D eigenvalue weighted by atomic mass is 16.4. The van der Waals surface area contributed by atoms with E-state index in [9.17, 15) is 9.59 Å². The molecule has 0 aliphatic heterocycles. The number of rotatable bonds is 5. The van der Waals surface area contributed by atoms with Gasteiger partial charge in [0.1, 0.15) is 6.54 Å². The molecule has 4 heteroatoms. The van der Waals surface area contributed by atoms with Gasteiger partial charge in [-0.1, -0.05) is 13.3 Å². The van der Waals surface area contributed by atoms with Crippen molar-refractivity contribution in [1.82, 2.24) is 4.90 Å². The van der Waals surface area contributed by atoms with Gasteiger partial charge in [0.05, 0.1) is 0 Å². The molecular weight excluding hydrogens is 218 g/mol. The van der Waals surface area contributed by atoms with E-state index >= 15 is 0 Å². The Kier molecular flexibility index (Phi) is 5.45. The van der Waals surface area contributed by atoms with Crippen LogP contribution in [0.1, 0.15) is 46.0 Å². The lowest BCUT2D eigenvalue weighted by molar-refractivity contribution is -0.146. The number of carbonyl (C=O) groups is 2. The fourth-order valence-electron chi connectivity index (χ4n) is 2.58. The first kappa shape index (κ1) is 14.0. The van der Waals surface area contributed by atoms with Crippen molar-refractivity contribution in [2.75, 3.05) is 13.1 Å². The summed E-state index contributed by atoms with van der Waals surface area (Å²) in [4.78, 5) is 24.2. The zero-order valence-corrected chi connectivity index (χ0v) is 10.8. The number of likely N-dealkylation sites (N-methyl/N-ethyl adjacent to an activating group) is 1. The molecule has 1 N–H and O–H groups in total. The minimum absolute atomic E-state index is 0.0319. The quantitative estimate of drug-likeness (QED) is 0.802. The predicted molar refractivity (Wildman–Crippen MR) is 65.6 cm³/mol. The van der Waals surface area contributed by atoms with Crippen LogP contribution in [0.2, 0.25) is 0 Å². The Labute approximate surface area is 103 Å². The Balaban J connectivity index is 2.48. The smallest absolute Gasteiger partial charge is 0.323 e. The van der Waals surface area contributed by atoms with Crippen molar-refractivity contribution in [3.63, 3.8) is 0 Å². The number of aliphatic carboxylic acids is 1. The zero-order chi connectivity index (χ0) is 12.8. The molecule has 4 nitrogen and oxygen atoms in total. The Hall–Kier alpha value is -1.06. The maximum atomic E-state index is 12.1. The molecule has 0 aromatic heterocycles. The first-order valence-electron chi connectivity index (χ1n) is 6.59. The molecule has 1 saturated carbocycles. The fourth-order valence-corrected chi connectivity index (χ4v) is 2.58. The van der Waals surface area contributed by atoms with E-state index in [0.717, 1.165) is 31.6 Å². The lowest BCUT2D eigenvalue weighted by Gasteiger charge is -2.30. The van der Waals surface area contributed by atoms with E-state index in [0.29, 0.717) is 6.54 Å². The van der Waals surface area contributed by atoms with Crippen molar-refractivity contribution in [2.24, 2.45) is 11.8 Å². The van der Waals surface area contributed by atoms with Crippen molar-refractivity contribution >= 4 is 11.9 Å². The largest absolute Gasteiger partial charge is 0.480 e. The van der Waals surface area contributed by atoms with Gasteiger partial charge in [-0.3, -0.25) is 9.59 Å². The number of carbonyl (C=O) groups excluding carboxylic acids is 1.